The molecule has 0 radical (unpaired) electrons. The van der Waals surface area contributed by atoms with Gasteiger partial charge in [0.05, 0.1) is 25.5 Å². The molecule has 0 saturated carbocycles. The van der Waals surface area contributed by atoms with Crippen LogP contribution in [-0.4, -0.2) is 48.1 Å². The van der Waals surface area contributed by atoms with E-state index in [2.05, 4.69) is 10.1 Å². The molecule has 1 aliphatic rings. The zero-order valence-electron chi connectivity index (χ0n) is 20.1. The molecule has 36 heavy (non-hydrogen) atoms. The number of oxime groups is 1. The number of piperidine rings is 1. The van der Waals surface area contributed by atoms with Crippen LogP contribution in [0.15, 0.2) is 65.8 Å². The van der Waals surface area contributed by atoms with Crippen LogP contribution in [0.1, 0.15) is 46.4 Å². The van der Waals surface area contributed by atoms with E-state index in [9.17, 15) is 19.4 Å². The van der Waals surface area contributed by atoms with Gasteiger partial charge in [0.2, 0.25) is 0 Å². The summed E-state index contributed by atoms with van der Waals surface area (Å²) in [4.78, 5) is 19.8. The average molecular weight is 495 g/mol. The minimum Gasteiger partial charge on any atom is -0.504 e. The molecule has 0 aromatic heterocycles. The van der Waals surface area contributed by atoms with E-state index in [0.29, 0.717) is 30.1 Å². The minimum atomic E-state index is -0.688. The van der Waals surface area contributed by atoms with Gasteiger partial charge in [-0.15, -0.1) is 0 Å². The van der Waals surface area contributed by atoms with E-state index in [1.54, 1.807) is 36.4 Å². The molecule has 3 aromatic carbocycles. The van der Waals surface area contributed by atoms with Gasteiger partial charge in [-0.05, 0) is 66.7 Å². The number of phenolic OH excluding ortho intramolecular Hbond substituents is 2. The average Bonchev–Trinajstić information content (AvgIpc) is 2.89. The number of phenols is 2. The van der Waals surface area contributed by atoms with Gasteiger partial charge in [-0.25, -0.2) is 9.18 Å². The SMILES string of the molecule is COc1cc(C2CC(=NOC(=O)c3ccc(F)cc3)CC(c3ccc(O)c(OC)c3)N2C)ccc1O. The number of carbonyl (C=O) groups excluding carboxylic acids is 1. The van der Waals surface area contributed by atoms with Crippen LogP contribution in [0.4, 0.5) is 4.39 Å². The molecule has 1 fully saturated rings. The maximum absolute atomic E-state index is 13.2. The topological polar surface area (TPSA) is 101 Å². The molecule has 8 nitrogen and oxygen atoms in total. The van der Waals surface area contributed by atoms with Crippen LogP contribution in [0.5, 0.6) is 23.0 Å². The van der Waals surface area contributed by atoms with E-state index in [1.165, 1.54) is 38.5 Å². The van der Waals surface area contributed by atoms with E-state index in [0.717, 1.165) is 11.1 Å². The van der Waals surface area contributed by atoms with Crippen LogP contribution >= 0.6 is 0 Å². The number of hydrogen-bond donors (Lipinski definition) is 2. The molecule has 4 rings (SSSR count). The molecule has 3 aromatic rings. The lowest BCUT2D eigenvalue weighted by Gasteiger charge is -2.40. The predicted octanol–water partition coefficient (Wildman–Crippen LogP) is 4.98. The van der Waals surface area contributed by atoms with Crippen LogP contribution in [0, 0.1) is 5.82 Å². The highest BCUT2D eigenvalue weighted by atomic mass is 19.1. The largest absolute Gasteiger partial charge is 0.504 e. The summed E-state index contributed by atoms with van der Waals surface area (Å²) in [6, 6.07) is 14.9. The number of nitrogens with zero attached hydrogens (tertiary/aromatic N) is 2. The van der Waals surface area contributed by atoms with Crippen LogP contribution in [0.3, 0.4) is 0 Å². The lowest BCUT2D eigenvalue weighted by molar-refractivity contribution is 0.0507. The third kappa shape index (κ3) is 5.26. The van der Waals surface area contributed by atoms with Gasteiger partial charge in [-0.2, -0.15) is 0 Å². The number of rotatable bonds is 6. The second-order valence-corrected chi connectivity index (χ2v) is 8.51. The number of benzene rings is 3. The van der Waals surface area contributed by atoms with Gasteiger partial charge >= 0.3 is 5.97 Å². The van der Waals surface area contributed by atoms with Crippen molar-refractivity contribution in [2.75, 3.05) is 21.3 Å². The second kappa shape index (κ2) is 10.7. The van der Waals surface area contributed by atoms with Crippen LogP contribution in [0.2, 0.25) is 0 Å². The zero-order chi connectivity index (χ0) is 25.8. The summed E-state index contributed by atoms with van der Waals surface area (Å²) >= 11 is 0. The van der Waals surface area contributed by atoms with Gasteiger partial charge in [0.25, 0.3) is 0 Å². The quantitative estimate of drug-likeness (QED) is 0.368. The summed E-state index contributed by atoms with van der Waals surface area (Å²) in [6.07, 6.45) is 0.902. The number of methoxy groups -OCH3 is 2. The predicted molar refractivity (Wildman–Crippen MR) is 131 cm³/mol. The molecule has 0 bridgehead atoms. The summed E-state index contributed by atoms with van der Waals surface area (Å²) in [6.45, 7) is 0. The Morgan fingerprint density at radius 3 is 1.86 bits per heavy atom. The van der Waals surface area contributed by atoms with E-state index in [-0.39, 0.29) is 29.1 Å². The lowest BCUT2D eigenvalue weighted by Crippen LogP contribution is -2.37. The first kappa shape index (κ1) is 25.0. The molecule has 2 N–H and O–H groups in total. The normalized spacial score (nSPS) is 17.9. The van der Waals surface area contributed by atoms with Crippen molar-refractivity contribution >= 4 is 11.7 Å². The Morgan fingerprint density at radius 1 is 0.889 bits per heavy atom. The maximum Gasteiger partial charge on any atom is 0.365 e. The molecule has 0 aliphatic carbocycles. The lowest BCUT2D eigenvalue weighted by atomic mass is 9.86. The van der Waals surface area contributed by atoms with Gasteiger partial charge in [0.1, 0.15) is 5.82 Å². The Kier molecular flexibility index (Phi) is 7.40. The van der Waals surface area contributed by atoms with Gasteiger partial charge < -0.3 is 24.5 Å². The minimum absolute atomic E-state index is 0.0293. The Hall–Kier alpha value is -4.11. The zero-order valence-corrected chi connectivity index (χ0v) is 20.1. The number of aromatic hydroxyl groups is 2. The molecule has 2 atom stereocenters. The summed E-state index contributed by atoms with van der Waals surface area (Å²) in [5.41, 5.74) is 2.58. The number of likely N-dealkylation sites (tertiary alicyclic amines) is 1. The Morgan fingerprint density at radius 2 is 1.39 bits per heavy atom. The summed E-state index contributed by atoms with van der Waals surface area (Å²) in [7, 11) is 4.93. The summed E-state index contributed by atoms with van der Waals surface area (Å²) in [5.74, 6) is -0.394. The van der Waals surface area contributed by atoms with Gasteiger partial charge in [-0.1, -0.05) is 17.3 Å². The van der Waals surface area contributed by atoms with Crippen molar-refractivity contribution in [3.8, 4) is 23.0 Å². The standard InChI is InChI=1S/C27H27FN2O6/c1-30-21(17-6-10-23(31)25(12-17)34-2)14-20(29-36-27(33)16-4-8-19(28)9-5-16)15-22(30)18-7-11-24(32)26(13-18)35-3/h4-13,21-22,31-32H,14-15H2,1-3H3. The first-order valence-corrected chi connectivity index (χ1v) is 11.3. The molecule has 1 saturated heterocycles. The van der Waals surface area contributed by atoms with Crippen molar-refractivity contribution in [2.24, 2.45) is 5.16 Å². The molecule has 188 valence electrons. The van der Waals surface area contributed by atoms with E-state index in [4.69, 9.17) is 14.3 Å². The number of hydrogen-bond acceptors (Lipinski definition) is 8. The molecule has 2 unspecified atom stereocenters. The van der Waals surface area contributed by atoms with Crippen molar-refractivity contribution in [3.63, 3.8) is 0 Å². The van der Waals surface area contributed by atoms with Crippen molar-refractivity contribution in [1.82, 2.24) is 4.90 Å². The molecule has 1 heterocycles. The van der Waals surface area contributed by atoms with E-state index >= 15 is 0 Å². The third-order valence-corrected chi connectivity index (χ3v) is 6.36. The first-order chi connectivity index (χ1) is 17.3. The fraction of sp³-hybridized carbons (Fsp3) is 0.259. The Labute approximate surface area is 208 Å². The van der Waals surface area contributed by atoms with Crippen LogP contribution in [-0.2, 0) is 4.84 Å². The van der Waals surface area contributed by atoms with Crippen molar-refractivity contribution in [2.45, 2.75) is 24.9 Å². The highest BCUT2D eigenvalue weighted by Gasteiger charge is 2.34. The Bertz CT molecular complexity index is 1210. The molecule has 0 spiro atoms. The number of halogens is 1. The van der Waals surface area contributed by atoms with Crippen molar-refractivity contribution < 1.29 is 33.7 Å². The highest BCUT2D eigenvalue weighted by molar-refractivity contribution is 5.91. The third-order valence-electron chi connectivity index (χ3n) is 6.36. The van der Waals surface area contributed by atoms with Crippen LogP contribution in [0.25, 0.3) is 0 Å². The fourth-order valence-corrected chi connectivity index (χ4v) is 4.36. The van der Waals surface area contributed by atoms with Crippen molar-refractivity contribution in [3.05, 3.63) is 83.2 Å². The monoisotopic (exact) mass is 494 g/mol. The Balaban J connectivity index is 1.68. The summed E-state index contributed by atoms with van der Waals surface area (Å²) < 4.78 is 23.8. The molecule has 9 heteroatoms. The molecule has 1 aliphatic heterocycles. The van der Waals surface area contributed by atoms with Crippen molar-refractivity contribution in [1.29, 1.82) is 0 Å². The summed E-state index contributed by atoms with van der Waals surface area (Å²) in [5, 5.41) is 24.3. The maximum atomic E-state index is 13.2. The van der Waals surface area contributed by atoms with E-state index in [1.807, 2.05) is 7.05 Å². The first-order valence-electron chi connectivity index (χ1n) is 11.3. The van der Waals surface area contributed by atoms with E-state index < -0.39 is 11.8 Å². The molecule has 0 amide bonds. The second-order valence-electron chi connectivity index (χ2n) is 8.51. The molecular formula is C27H27FN2O6. The van der Waals surface area contributed by atoms with Gasteiger partial charge in [0.15, 0.2) is 23.0 Å². The smallest absolute Gasteiger partial charge is 0.365 e. The number of carbonyl (C=O) groups is 1. The van der Waals surface area contributed by atoms with Gasteiger partial charge in [0, 0.05) is 24.9 Å². The van der Waals surface area contributed by atoms with Gasteiger partial charge in [-0.3, -0.25) is 4.90 Å². The highest BCUT2D eigenvalue weighted by Crippen LogP contribution is 2.42. The molecular weight excluding hydrogens is 467 g/mol. The fourth-order valence-electron chi connectivity index (χ4n) is 4.36. The van der Waals surface area contributed by atoms with Crippen LogP contribution < -0.4 is 9.47 Å². The number of ether oxygens (including phenoxy) is 2.